The topological polar surface area (TPSA) is 66.4 Å². The molecule has 0 unspecified atom stereocenters. The Hall–Kier alpha value is -1.84. The van der Waals surface area contributed by atoms with E-state index >= 15 is 0 Å². The lowest BCUT2D eigenvalue weighted by Crippen LogP contribution is -2.25. The summed E-state index contributed by atoms with van der Waals surface area (Å²) in [6.07, 6.45) is 4.09. The molecule has 110 valence electrons. The van der Waals surface area contributed by atoms with E-state index in [4.69, 9.17) is 4.74 Å². The highest BCUT2D eigenvalue weighted by Crippen LogP contribution is 2.11. The molecule has 20 heavy (non-hydrogen) atoms. The summed E-state index contributed by atoms with van der Waals surface area (Å²) < 4.78 is 5.10. The van der Waals surface area contributed by atoms with Crippen molar-refractivity contribution >= 4 is 11.9 Å². The normalized spacial score (nSPS) is 10.6. The zero-order valence-electron chi connectivity index (χ0n) is 12.1. The third-order valence-corrected chi connectivity index (χ3v) is 3.03. The standard InChI is InChI=1S/C16H22O4/c1-12(2)8-4-3-7-11-20-16(19)14-10-6-5-9-13(14)15(17)18/h5-6,9-10,12H,3-4,7-8,11H2,1-2H3,(H,17,18)/p-1. The van der Waals surface area contributed by atoms with Crippen LogP contribution < -0.4 is 5.11 Å². The monoisotopic (exact) mass is 277 g/mol. The Morgan fingerprint density at radius 2 is 1.75 bits per heavy atom. The lowest BCUT2D eigenvalue weighted by Gasteiger charge is -2.10. The molecule has 4 heteroatoms. The number of hydrogen-bond acceptors (Lipinski definition) is 4. The van der Waals surface area contributed by atoms with Gasteiger partial charge in [0.2, 0.25) is 0 Å². The number of rotatable bonds is 8. The second-order valence-corrected chi connectivity index (χ2v) is 5.21. The van der Waals surface area contributed by atoms with Crippen molar-refractivity contribution in [2.45, 2.75) is 39.5 Å². The van der Waals surface area contributed by atoms with Gasteiger partial charge in [0.05, 0.1) is 18.1 Å². The van der Waals surface area contributed by atoms with Crippen LogP contribution in [0.5, 0.6) is 0 Å². The van der Waals surface area contributed by atoms with E-state index in [-0.39, 0.29) is 11.1 Å². The zero-order chi connectivity index (χ0) is 15.0. The second kappa shape index (κ2) is 8.35. The van der Waals surface area contributed by atoms with Crippen molar-refractivity contribution in [3.63, 3.8) is 0 Å². The number of esters is 1. The first-order valence-corrected chi connectivity index (χ1v) is 7.00. The minimum Gasteiger partial charge on any atom is -0.545 e. The number of benzene rings is 1. The minimum absolute atomic E-state index is 0.0506. The van der Waals surface area contributed by atoms with Crippen LogP contribution in [0.15, 0.2) is 24.3 Å². The van der Waals surface area contributed by atoms with Gasteiger partial charge >= 0.3 is 5.97 Å². The SMILES string of the molecule is CC(C)CCCCCOC(=O)c1ccccc1C(=O)[O-]. The van der Waals surface area contributed by atoms with Gasteiger partial charge in [0.25, 0.3) is 0 Å². The summed E-state index contributed by atoms with van der Waals surface area (Å²) in [5.41, 5.74) is -0.0769. The molecule has 0 atom stereocenters. The van der Waals surface area contributed by atoms with Crippen LogP contribution in [0.3, 0.4) is 0 Å². The highest BCUT2D eigenvalue weighted by Gasteiger charge is 2.12. The van der Waals surface area contributed by atoms with Crippen LogP contribution in [0.4, 0.5) is 0 Å². The van der Waals surface area contributed by atoms with E-state index in [1.165, 1.54) is 18.6 Å². The maximum Gasteiger partial charge on any atom is 0.338 e. The summed E-state index contributed by atoms with van der Waals surface area (Å²) in [5.74, 6) is -1.28. The molecular weight excluding hydrogens is 256 g/mol. The van der Waals surface area contributed by atoms with E-state index < -0.39 is 11.9 Å². The van der Waals surface area contributed by atoms with Crippen molar-refractivity contribution in [1.29, 1.82) is 0 Å². The van der Waals surface area contributed by atoms with E-state index in [0.29, 0.717) is 12.5 Å². The Labute approximate surface area is 119 Å². The van der Waals surface area contributed by atoms with Gasteiger partial charge in [-0.1, -0.05) is 51.3 Å². The number of carbonyl (C=O) groups excluding carboxylic acids is 2. The average molecular weight is 277 g/mol. The van der Waals surface area contributed by atoms with Crippen molar-refractivity contribution in [1.82, 2.24) is 0 Å². The molecule has 0 N–H and O–H groups in total. The van der Waals surface area contributed by atoms with Gasteiger partial charge in [-0.3, -0.25) is 0 Å². The van der Waals surface area contributed by atoms with Crippen molar-refractivity contribution in [3.8, 4) is 0 Å². The summed E-state index contributed by atoms with van der Waals surface area (Å²) in [6, 6.07) is 5.93. The molecule has 0 amide bonds. The van der Waals surface area contributed by atoms with E-state index in [0.717, 1.165) is 19.3 Å². The van der Waals surface area contributed by atoms with Crippen LogP contribution >= 0.6 is 0 Å². The van der Waals surface area contributed by atoms with Gasteiger partial charge in [0.1, 0.15) is 0 Å². The van der Waals surface area contributed by atoms with E-state index in [9.17, 15) is 14.7 Å². The Bertz CT molecular complexity index is 452. The molecule has 0 spiro atoms. The minimum atomic E-state index is -1.37. The summed E-state index contributed by atoms with van der Waals surface area (Å²) in [6.45, 7) is 4.67. The zero-order valence-corrected chi connectivity index (χ0v) is 12.1. The Kier molecular flexibility index (Phi) is 6.77. The van der Waals surface area contributed by atoms with Gasteiger partial charge in [-0.15, -0.1) is 0 Å². The summed E-state index contributed by atoms with van der Waals surface area (Å²) >= 11 is 0. The van der Waals surface area contributed by atoms with Crippen LogP contribution in [-0.4, -0.2) is 18.5 Å². The van der Waals surface area contributed by atoms with Gasteiger partial charge < -0.3 is 14.6 Å². The molecule has 0 saturated heterocycles. The first-order chi connectivity index (χ1) is 9.52. The number of ether oxygens (including phenoxy) is 1. The average Bonchev–Trinajstić information content (AvgIpc) is 2.42. The Morgan fingerprint density at radius 3 is 2.35 bits per heavy atom. The molecule has 0 radical (unpaired) electrons. The fraction of sp³-hybridized carbons (Fsp3) is 0.500. The molecule has 0 fully saturated rings. The molecule has 4 nitrogen and oxygen atoms in total. The van der Waals surface area contributed by atoms with Gasteiger partial charge in [0, 0.05) is 5.56 Å². The molecule has 1 aromatic rings. The Morgan fingerprint density at radius 1 is 1.10 bits per heavy atom. The number of hydrogen-bond donors (Lipinski definition) is 0. The number of carboxylic acids is 1. The second-order valence-electron chi connectivity index (χ2n) is 5.21. The van der Waals surface area contributed by atoms with Crippen LogP contribution in [0.1, 0.15) is 60.2 Å². The number of unbranched alkanes of at least 4 members (excludes halogenated alkanes) is 2. The highest BCUT2D eigenvalue weighted by atomic mass is 16.5. The molecule has 0 heterocycles. The van der Waals surface area contributed by atoms with Crippen LogP contribution in [0.25, 0.3) is 0 Å². The van der Waals surface area contributed by atoms with Gasteiger partial charge in [-0.25, -0.2) is 4.79 Å². The van der Waals surface area contributed by atoms with Crippen LogP contribution in [-0.2, 0) is 4.74 Å². The summed E-state index contributed by atoms with van der Waals surface area (Å²) in [5, 5.41) is 10.9. The van der Waals surface area contributed by atoms with Gasteiger partial charge in [-0.05, 0) is 18.4 Å². The molecule has 0 bridgehead atoms. The molecule has 1 rings (SSSR count). The van der Waals surface area contributed by atoms with E-state index in [1.54, 1.807) is 12.1 Å². The molecule has 0 aliphatic rings. The summed E-state index contributed by atoms with van der Waals surface area (Å²) in [7, 11) is 0. The van der Waals surface area contributed by atoms with Crippen molar-refractivity contribution < 1.29 is 19.4 Å². The lowest BCUT2D eigenvalue weighted by atomic mass is 10.1. The first kappa shape index (κ1) is 16.2. The number of aromatic carboxylic acids is 1. The number of carboxylic acid groups (broad SMARTS) is 1. The molecule has 0 aliphatic heterocycles. The van der Waals surface area contributed by atoms with Crippen LogP contribution in [0.2, 0.25) is 0 Å². The molecule has 0 saturated carbocycles. The number of carbonyl (C=O) groups is 2. The molecule has 0 aliphatic carbocycles. The van der Waals surface area contributed by atoms with Gasteiger partial charge in [-0.2, -0.15) is 0 Å². The van der Waals surface area contributed by atoms with E-state index in [1.807, 2.05) is 0 Å². The molecule has 0 aromatic heterocycles. The Balaban J connectivity index is 2.38. The predicted molar refractivity (Wildman–Crippen MR) is 74.4 cm³/mol. The van der Waals surface area contributed by atoms with Crippen molar-refractivity contribution in [2.24, 2.45) is 5.92 Å². The maximum atomic E-state index is 11.8. The largest absolute Gasteiger partial charge is 0.545 e. The summed E-state index contributed by atoms with van der Waals surface area (Å²) in [4.78, 5) is 22.7. The third kappa shape index (κ3) is 5.43. The van der Waals surface area contributed by atoms with Crippen molar-refractivity contribution in [3.05, 3.63) is 35.4 Å². The third-order valence-electron chi connectivity index (χ3n) is 3.03. The first-order valence-electron chi connectivity index (χ1n) is 7.00. The quantitative estimate of drug-likeness (QED) is 0.540. The van der Waals surface area contributed by atoms with Gasteiger partial charge in [0.15, 0.2) is 0 Å². The fourth-order valence-electron chi connectivity index (χ4n) is 1.91. The fourth-order valence-corrected chi connectivity index (χ4v) is 1.91. The molecular formula is C16H21O4-. The van der Waals surface area contributed by atoms with Crippen molar-refractivity contribution in [2.75, 3.05) is 6.61 Å². The highest BCUT2D eigenvalue weighted by molar-refractivity contribution is 6.01. The lowest BCUT2D eigenvalue weighted by molar-refractivity contribution is -0.255. The van der Waals surface area contributed by atoms with Crippen LogP contribution in [0, 0.1) is 5.92 Å². The van der Waals surface area contributed by atoms with E-state index in [2.05, 4.69) is 13.8 Å². The smallest absolute Gasteiger partial charge is 0.338 e. The molecule has 1 aromatic carbocycles. The maximum absolute atomic E-state index is 11.8. The predicted octanol–water partition coefficient (Wildman–Crippen LogP) is 2.42.